The summed E-state index contributed by atoms with van der Waals surface area (Å²) < 4.78 is 5.29. The highest BCUT2D eigenvalue weighted by Crippen LogP contribution is 2.26. The van der Waals surface area contributed by atoms with Gasteiger partial charge in [0.2, 0.25) is 5.91 Å². The van der Waals surface area contributed by atoms with E-state index in [0.717, 1.165) is 36.4 Å². The molecule has 0 aliphatic carbocycles. The average Bonchev–Trinajstić information content (AvgIpc) is 3.12. The Morgan fingerprint density at radius 1 is 1.50 bits per heavy atom. The van der Waals surface area contributed by atoms with Gasteiger partial charge in [0.25, 0.3) is 0 Å². The lowest BCUT2D eigenvalue weighted by Crippen LogP contribution is -2.39. The van der Waals surface area contributed by atoms with Crippen molar-refractivity contribution in [2.45, 2.75) is 25.8 Å². The molecule has 118 valence electrons. The second kappa shape index (κ2) is 6.36. The summed E-state index contributed by atoms with van der Waals surface area (Å²) >= 11 is 0. The van der Waals surface area contributed by atoms with Gasteiger partial charge in [-0.1, -0.05) is 12.1 Å². The number of carbonyl (C=O) groups excluding carboxylic acids is 2. The molecule has 2 heterocycles. The maximum Gasteiger partial charge on any atom is 0.315 e. The lowest BCUT2D eigenvalue weighted by molar-refractivity contribution is -0.115. The molecular weight excluding hydrogens is 282 g/mol. The zero-order valence-electron chi connectivity index (χ0n) is 12.6. The van der Waals surface area contributed by atoms with E-state index in [4.69, 9.17) is 4.74 Å². The van der Waals surface area contributed by atoms with Crippen LogP contribution in [0, 0.1) is 5.92 Å². The van der Waals surface area contributed by atoms with E-state index in [-0.39, 0.29) is 18.0 Å². The highest BCUT2D eigenvalue weighted by atomic mass is 16.5. The minimum atomic E-state index is -0.172. The van der Waals surface area contributed by atoms with Crippen LogP contribution in [-0.2, 0) is 16.0 Å². The first kappa shape index (κ1) is 14.8. The molecule has 3 rings (SSSR count). The van der Waals surface area contributed by atoms with Crippen LogP contribution >= 0.6 is 0 Å². The summed E-state index contributed by atoms with van der Waals surface area (Å²) in [4.78, 5) is 23.3. The van der Waals surface area contributed by atoms with Crippen molar-refractivity contribution in [3.8, 4) is 0 Å². The molecule has 2 aliphatic heterocycles. The Morgan fingerprint density at radius 3 is 3.14 bits per heavy atom. The topological polar surface area (TPSA) is 79.5 Å². The van der Waals surface area contributed by atoms with Crippen molar-refractivity contribution < 1.29 is 14.3 Å². The van der Waals surface area contributed by atoms with Crippen LogP contribution in [0.3, 0.4) is 0 Å². The van der Waals surface area contributed by atoms with Gasteiger partial charge in [0.05, 0.1) is 19.1 Å². The fourth-order valence-electron chi connectivity index (χ4n) is 2.83. The monoisotopic (exact) mass is 303 g/mol. The van der Waals surface area contributed by atoms with Gasteiger partial charge >= 0.3 is 6.03 Å². The maximum atomic E-state index is 11.9. The number of hydrogen-bond acceptors (Lipinski definition) is 3. The van der Waals surface area contributed by atoms with E-state index in [9.17, 15) is 9.59 Å². The summed E-state index contributed by atoms with van der Waals surface area (Å²) in [6, 6.07) is 5.51. The Morgan fingerprint density at radius 2 is 2.36 bits per heavy atom. The molecule has 0 unspecified atom stereocenters. The molecule has 22 heavy (non-hydrogen) atoms. The molecule has 2 atom stereocenters. The predicted molar refractivity (Wildman–Crippen MR) is 82.7 cm³/mol. The van der Waals surface area contributed by atoms with Gasteiger partial charge in [-0.05, 0) is 30.5 Å². The minimum absolute atomic E-state index is 0.0179. The minimum Gasteiger partial charge on any atom is -0.381 e. The van der Waals surface area contributed by atoms with Crippen molar-refractivity contribution in [1.82, 2.24) is 10.6 Å². The predicted octanol–water partition coefficient (Wildman–Crippen LogP) is 1.58. The van der Waals surface area contributed by atoms with E-state index >= 15 is 0 Å². The lowest BCUT2D eigenvalue weighted by atomic mass is 10.0. The molecule has 6 nitrogen and oxygen atoms in total. The number of ether oxygens (including phenoxy) is 1. The van der Waals surface area contributed by atoms with E-state index in [0.29, 0.717) is 18.9 Å². The molecule has 6 heteroatoms. The van der Waals surface area contributed by atoms with Gasteiger partial charge in [0.1, 0.15) is 0 Å². The average molecular weight is 303 g/mol. The van der Waals surface area contributed by atoms with Crippen molar-refractivity contribution >= 4 is 17.6 Å². The Hall–Kier alpha value is -2.08. The summed E-state index contributed by atoms with van der Waals surface area (Å²) in [5.41, 5.74) is 2.85. The van der Waals surface area contributed by atoms with Crippen molar-refractivity contribution in [2.75, 3.05) is 25.1 Å². The number of anilines is 1. The third kappa shape index (κ3) is 3.39. The molecule has 1 saturated heterocycles. The summed E-state index contributed by atoms with van der Waals surface area (Å²) in [5.74, 6) is 0.433. The van der Waals surface area contributed by atoms with Gasteiger partial charge in [-0.25, -0.2) is 4.79 Å². The third-order valence-corrected chi connectivity index (χ3v) is 4.18. The van der Waals surface area contributed by atoms with Gasteiger partial charge in [0.15, 0.2) is 0 Å². The molecule has 3 N–H and O–H groups in total. The zero-order chi connectivity index (χ0) is 15.5. The SMILES string of the molecule is C[C@@H](NC(=O)NC[C@H]1CCOC1)c1ccc2c(c1)CC(=O)N2. The molecule has 1 aromatic carbocycles. The fourth-order valence-corrected chi connectivity index (χ4v) is 2.83. The number of urea groups is 1. The molecule has 0 bridgehead atoms. The van der Waals surface area contributed by atoms with Gasteiger partial charge in [-0.15, -0.1) is 0 Å². The van der Waals surface area contributed by atoms with Crippen LogP contribution in [0.15, 0.2) is 18.2 Å². The highest BCUT2D eigenvalue weighted by Gasteiger charge is 2.20. The smallest absolute Gasteiger partial charge is 0.315 e. The number of hydrogen-bond donors (Lipinski definition) is 3. The van der Waals surface area contributed by atoms with Crippen molar-refractivity contribution in [3.63, 3.8) is 0 Å². The maximum absolute atomic E-state index is 11.9. The van der Waals surface area contributed by atoms with Crippen LogP contribution in [0.25, 0.3) is 0 Å². The zero-order valence-corrected chi connectivity index (χ0v) is 12.6. The van der Waals surface area contributed by atoms with E-state index in [1.807, 2.05) is 25.1 Å². The summed E-state index contributed by atoms with van der Waals surface area (Å²) in [6.45, 7) is 4.08. The van der Waals surface area contributed by atoms with Gasteiger partial charge in [-0.2, -0.15) is 0 Å². The Balaban J connectivity index is 1.53. The van der Waals surface area contributed by atoms with Gasteiger partial charge < -0.3 is 20.7 Å². The summed E-state index contributed by atoms with van der Waals surface area (Å²) in [5, 5.41) is 8.62. The van der Waals surface area contributed by atoms with E-state index in [1.165, 1.54) is 0 Å². The quantitative estimate of drug-likeness (QED) is 0.790. The second-order valence-electron chi connectivity index (χ2n) is 5.95. The van der Waals surface area contributed by atoms with Crippen LogP contribution in [0.5, 0.6) is 0 Å². The molecule has 1 fully saturated rings. The molecule has 3 amide bonds. The number of rotatable bonds is 4. The summed E-state index contributed by atoms with van der Waals surface area (Å²) in [7, 11) is 0. The Bertz CT molecular complexity index is 582. The van der Waals surface area contributed by atoms with Crippen LogP contribution < -0.4 is 16.0 Å². The van der Waals surface area contributed by atoms with Crippen LogP contribution in [0.1, 0.15) is 30.5 Å². The fraction of sp³-hybridized carbons (Fsp3) is 0.500. The molecule has 1 aromatic rings. The van der Waals surface area contributed by atoms with E-state index in [1.54, 1.807) is 0 Å². The third-order valence-electron chi connectivity index (χ3n) is 4.18. The highest BCUT2D eigenvalue weighted by molar-refractivity contribution is 5.99. The number of amides is 3. The lowest BCUT2D eigenvalue weighted by Gasteiger charge is -2.17. The first-order chi connectivity index (χ1) is 10.6. The standard InChI is InChI=1S/C16H21N3O3/c1-10(18-16(21)17-8-11-4-5-22-9-11)12-2-3-14-13(6-12)7-15(20)19-14/h2-3,6,10-11H,4-5,7-9H2,1H3,(H,19,20)(H2,17,18,21)/t10-,11-/m1/s1. The van der Waals surface area contributed by atoms with E-state index in [2.05, 4.69) is 16.0 Å². The molecule has 0 spiro atoms. The molecule has 0 radical (unpaired) electrons. The van der Waals surface area contributed by atoms with Gasteiger partial charge in [0, 0.05) is 24.8 Å². The van der Waals surface area contributed by atoms with Crippen LogP contribution in [0.4, 0.5) is 10.5 Å². The second-order valence-corrected chi connectivity index (χ2v) is 5.95. The molecule has 2 aliphatic rings. The summed E-state index contributed by atoms with van der Waals surface area (Å²) in [6.07, 6.45) is 1.41. The number of fused-ring (bicyclic) bond motifs is 1. The van der Waals surface area contributed by atoms with Crippen molar-refractivity contribution in [3.05, 3.63) is 29.3 Å². The van der Waals surface area contributed by atoms with Crippen molar-refractivity contribution in [1.29, 1.82) is 0 Å². The number of benzene rings is 1. The van der Waals surface area contributed by atoms with Gasteiger partial charge in [-0.3, -0.25) is 4.79 Å². The van der Waals surface area contributed by atoms with Crippen LogP contribution in [-0.4, -0.2) is 31.7 Å². The molecular formula is C16H21N3O3. The Kier molecular flexibility index (Phi) is 4.29. The molecule has 0 aromatic heterocycles. The molecule has 0 saturated carbocycles. The number of nitrogens with one attached hydrogen (secondary N) is 3. The normalized spacial score (nSPS) is 21.1. The van der Waals surface area contributed by atoms with Crippen LogP contribution in [0.2, 0.25) is 0 Å². The first-order valence-electron chi connectivity index (χ1n) is 7.66. The Labute approximate surface area is 129 Å². The largest absolute Gasteiger partial charge is 0.381 e. The number of carbonyl (C=O) groups is 2. The van der Waals surface area contributed by atoms with Crippen molar-refractivity contribution in [2.24, 2.45) is 5.92 Å². The first-order valence-corrected chi connectivity index (χ1v) is 7.66. The van der Waals surface area contributed by atoms with E-state index < -0.39 is 0 Å².